The van der Waals surface area contributed by atoms with Crippen molar-refractivity contribution in [2.24, 2.45) is 5.84 Å². The maximum Gasteiger partial charge on any atom is 0.148 e. The van der Waals surface area contributed by atoms with Gasteiger partial charge in [-0.05, 0) is 32.9 Å². The predicted molar refractivity (Wildman–Crippen MR) is 73.4 cm³/mol. The second kappa shape index (κ2) is 6.51. The van der Waals surface area contributed by atoms with Crippen molar-refractivity contribution in [1.29, 1.82) is 0 Å². The molecular formula is C12H22N6. The van der Waals surface area contributed by atoms with Crippen LogP contribution in [0.4, 0.5) is 11.6 Å². The second-order valence-electron chi connectivity index (χ2n) is 4.67. The zero-order chi connectivity index (χ0) is 12.8. The molecule has 0 spiro atoms. The van der Waals surface area contributed by atoms with Crippen LogP contribution in [-0.2, 0) is 0 Å². The number of likely N-dealkylation sites (tertiary alicyclic amines) is 1. The van der Waals surface area contributed by atoms with Gasteiger partial charge in [-0.2, -0.15) is 0 Å². The topological polar surface area (TPSA) is 79.1 Å². The van der Waals surface area contributed by atoms with E-state index in [1.807, 2.05) is 6.92 Å². The van der Waals surface area contributed by atoms with Crippen molar-refractivity contribution < 1.29 is 0 Å². The zero-order valence-electron chi connectivity index (χ0n) is 10.9. The van der Waals surface area contributed by atoms with E-state index >= 15 is 0 Å². The summed E-state index contributed by atoms with van der Waals surface area (Å²) in [5, 5.41) is 3.35. The zero-order valence-corrected chi connectivity index (χ0v) is 10.9. The van der Waals surface area contributed by atoms with Crippen molar-refractivity contribution in [3.63, 3.8) is 0 Å². The molecule has 0 saturated carbocycles. The van der Waals surface area contributed by atoms with Gasteiger partial charge in [0, 0.05) is 18.7 Å². The number of hydrogen-bond donors (Lipinski definition) is 3. The van der Waals surface area contributed by atoms with E-state index in [0.717, 1.165) is 24.5 Å². The molecular weight excluding hydrogens is 228 g/mol. The van der Waals surface area contributed by atoms with Crippen LogP contribution in [-0.4, -0.2) is 41.0 Å². The van der Waals surface area contributed by atoms with Gasteiger partial charge in [0.1, 0.15) is 18.0 Å². The molecule has 4 N–H and O–H groups in total. The van der Waals surface area contributed by atoms with Gasteiger partial charge in [0.05, 0.1) is 0 Å². The van der Waals surface area contributed by atoms with Crippen molar-refractivity contribution in [3.8, 4) is 0 Å². The van der Waals surface area contributed by atoms with Crippen molar-refractivity contribution in [2.45, 2.75) is 26.2 Å². The first kappa shape index (κ1) is 13.0. The Bertz CT molecular complexity index is 375. The van der Waals surface area contributed by atoms with E-state index in [-0.39, 0.29) is 0 Å². The third-order valence-electron chi connectivity index (χ3n) is 3.39. The van der Waals surface area contributed by atoms with Gasteiger partial charge in [-0.15, -0.1) is 0 Å². The minimum absolute atomic E-state index is 0.672. The number of nitrogen functional groups attached to an aromatic ring is 1. The largest absolute Gasteiger partial charge is 0.368 e. The average molecular weight is 250 g/mol. The summed E-state index contributed by atoms with van der Waals surface area (Å²) in [6.07, 6.45) is 5.55. The summed E-state index contributed by atoms with van der Waals surface area (Å²) in [6, 6.07) is 0. The molecule has 18 heavy (non-hydrogen) atoms. The molecule has 1 aromatic rings. The lowest BCUT2D eigenvalue weighted by molar-refractivity contribution is 0.237. The van der Waals surface area contributed by atoms with Gasteiger partial charge < -0.3 is 15.6 Å². The quantitative estimate of drug-likeness (QED) is 0.534. The van der Waals surface area contributed by atoms with Gasteiger partial charge in [0.25, 0.3) is 0 Å². The van der Waals surface area contributed by atoms with E-state index in [9.17, 15) is 0 Å². The molecule has 0 amide bonds. The Morgan fingerprint density at radius 3 is 2.67 bits per heavy atom. The summed E-state index contributed by atoms with van der Waals surface area (Å²) < 4.78 is 0. The number of hydrogen-bond acceptors (Lipinski definition) is 6. The molecule has 2 heterocycles. The predicted octanol–water partition coefficient (Wildman–Crippen LogP) is 0.968. The molecule has 0 bridgehead atoms. The minimum atomic E-state index is 0.672. The van der Waals surface area contributed by atoms with Crippen molar-refractivity contribution in [1.82, 2.24) is 14.9 Å². The van der Waals surface area contributed by atoms with Gasteiger partial charge in [-0.25, -0.2) is 15.8 Å². The first-order valence-corrected chi connectivity index (χ1v) is 6.55. The standard InChI is InChI=1S/C12H22N6/c1-10-11(15-9-16-12(10)17-13)14-5-8-18-6-3-2-4-7-18/h9H,2-8,13H2,1H3,(H2,14,15,16,17). The molecule has 1 aromatic heterocycles. The highest BCUT2D eigenvalue weighted by Crippen LogP contribution is 2.16. The number of nitrogens with zero attached hydrogens (tertiary/aromatic N) is 3. The first-order chi connectivity index (χ1) is 8.81. The number of anilines is 2. The lowest BCUT2D eigenvalue weighted by Crippen LogP contribution is -2.33. The van der Waals surface area contributed by atoms with Crippen LogP contribution in [0.2, 0.25) is 0 Å². The molecule has 2 rings (SSSR count). The Morgan fingerprint density at radius 1 is 1.22 bits per heavy atom. The van der Waals surface area contributed by atoms with E-state index < -0.39 is 0 Å². The highest BCUT2D eigenvalue weighted by molar-refractivity contribution is 5.55. The molecule has 1 fully saturated rings. The fourth-order valence-electron chi connectivity index (χ4n) is 2.29. The highest BCUT2D eigenvalue weighted by atomic mass is 15.3. The normalized spacial score (nSPS) is 16.6. The summed E-state index contributed by atoms with van der Waals surface area (Å²) in [5.41, 5.74) is 3.53. The molecule has 0 atom stereocenters. The summed E-state index contributed by atoms with van der Waals surface area (Å²) >= 11 is 0. The maximum absolute atomic E-state index is 5.39. The van der Waals surface area contributed by atoms with Crippen LogP contribution in [0.25, 0.3) is 0 Å². The number of hydrazine groups is 1. The summed E-state index contributed by atoms with van der Waals surface area (Å²) in [4.78, 5) is 10.8. The molecule has 6 nitrogen and oxygen atoms in total. The maximum atomic E-state index is 5.39. The molecule has 0 aliphatic carbocycles. The van der Waals surface area contributed by atoms with Gasteiger partial charge in [-0.3, -0.25) is 0 Å². The Hall–Kier alpha value is -1.40. The average Bonchev–Trinajstić information content (AvgIpc) is 2.42. The van der Waals surface area contributed by atoms with Crippen LogP contribution in [0.15, 0.2) is 6.33 Å². The van der Waals surface area contributed by atoms with Crippen molar-refractivity contribution >= 4 is 11.6 Å². The van der Waals surface area contributed by atoms with Gasteiger partial charge in [-0.1, -0.05) is 6.42 Å². The van der Waals surface area contributed by atoms with Crippen LogP contribution in [0.1, 0.15) is 24.8 Å². The number of rotatable bonds is 5. The summed E-state index contributed by atoms with van der Waals surface area (Å²) in [6.45, 7) is 6.37. The van der Waals surface area contributed by atoms with Crippen LogP contribution in [0.5, 0.6) is 0 Å². The number of nitrogens with one attached hydrogen (secondary N) is 2. The van der Waals surface area contributed by atoms with Crippen LogP contribution < -0.4 is 16.6 Å². The van der Waals surface area contributed by atoms with Gasteiger partial charge in [0.2, 0.25) is 0 Å². The molecule has 1 aliphatic heterocycles. The van der Waals surface area contributed by atoms with E-state index in [4.69, 9.17) is 5.84 Å². The van der Waals surface area contributed by atoms with Crippen LogP contribution in [0.3, 0.4) is 0 Å². The molecule has 0 aromatic carbocycles. The smallest absolute Gasteiger partial charge is 0.148 e. The van der Waals surface area contributed by atoms with E-state index in [1.54, 1.807) is 0 Å². The highest BCUT2D eigenvalue weighted by Gasteiger charge is 2.10. The molecule has 1 aliphatic rings. The Labute approximate surface area is 108 Å². The molecule has 100 valence electrons. The summed E-state index contributed by atoms with van der Waals surface area (Å²) in [5.74, 6) is 6.92. The first-order valence-electron chi connectivity index (χ1n) is 6.55. The lowest BCUT2D eigenvalue weighted by Gasteiger charge is -2.26. The van der Waals surface area contributed by atoms with E-state index in [2.05, 4.69) is 25.6 Å². The number of nitrogens with two attached hydrogens (primary N) is 1. The third-order valence-corrected chi connectivity index (χ3v) is 3.39. The van der Waals surface area contributed by atoms with Crippen molar-refractivity contribution in [2.75, 3.05) is 36.9 Å². The van der Waals surface area contributed by atoms with Gasteiger partial charge in [0.15, 0.2) is 0 Å². The monoisotopic (exact) mass is 250 g/mol. The Kier molecular flexibility index (Phi) is 4.72. The van der Waals surface area contributed by atoms with Crippen LogP contribution in [0, 0.1) is 6.92 Å². The van der Waals surface area contributed by atoms with E-state index in [0.29, 0.717) is 5.82 Å². The Balaban J connectivity index is 1.82. The SMILES string of the molecule is Cc1c(NN)ncnc1NCCN1CCCCC1. The van der Waals surface area contributed by atoms with Crippen molar-refractivity contribution in [3.05, 3.63) is 11.9 Å². The number of piperidine rings is 1. The van der Waals surface area contributed by atoms with Crippen LogP contribution >= 0.6 is 0 Å². The molecule has 6 heteroatoms. The Morgan fingerprint density at radius 2 is 1.94 bits per heavy atom. The second-order valence-corrected chi connectivity index (χ2v) is 4.67. The summed E-state index contributed by atoms with van der Waals surface area (Å²) in [7, 11) is 0. The minimum Gasteiger partial charge on any atom is -0.368 e. The third kappa shape index (κ3) is 3.30. The molecule has 0 unspecified atom stereocenters. The molecule has 1 saturated heterocycles. The van der Waals surface area contributed by atoms with E-state index in [1.165, 1.54) is 38.7 Å². The lowest BCUT2D eigenvalue weighted by atomic mass is 10.1. The van der Waals surface area contributed by atoms with Gasteiger partial charge >= 0.3 is 0 Å². The molecule has 0 radical (unpaired) electrons. The number of aromatic nitrogens is 2. The fraction of sp³-hybridized carbons (Fsp3) is 0.667. The fourth-order valence-corrected chi connectivity index (χ4v) is 2.29.